The van der Waals surface area contributed by atoms with Crippen LogP contribution in [-0.2, 0) is 4.74 Å². The van der Waals surface area contributed by atoms with E-state index in [0.29, 0.717) is 11.3 Å². The zero-order valence-corrected chi connectivity index (χ0v) is 8.82. The fraction of sp³-hybridized carbons (Fsp3) is 0.200. The molecule has 0 saturated heterocycles. The highest BCUT2D eigenvalue weighted by Crippen LogP contribution is 2.04. The Morgan fingerprint density at radius 3 is 2.50 bits per heavy atom. The average Bonchev–Trinajstić information content (AvgIpc) is 2.27. The van der Waals surface area contributed by atoms with Crippen LogP contribution in [0.15, 0.2) is 24.3 Å². The van der Waals surface area contributed by atoms with Crippen LogP contribution in [0.1, 0.15) is 10.4 Å². The first kappa shape index (κ1) is 12.0. The summed E-state index contributed by atoms with van der Waals surface area (Å²) in [5.41, 5.74) is 6.38. The van der Waals surface area contributed by atoms with Crippen molar-refractivity contribution in [1.82, 2.24) is 10.6 Å². The Hall–Kier alpha value is -2.08. The smallest absolute Gasteiger partial charge is 0.323 e. The molecule has 0 aliphatic carbocycles. The fourth-order valence-electron chi connectivity index (χ4n) is 0.992. The molecule has 0 bridgehead atoms. The van der Waals surface area contributed by atoms with Gasteiger partial charge in [-0.1, -0.05) is 0 Å². The summed E-state index contributed by atoms with van der Waals surface area (Å²) in [5, 5.41) is 4.47. The molecular formula is C10H13N3O3. The molecule has 6 nitrogen and oxygen atoms in total. The number of carbonyl (C=O) groups excluding carboxylic acids is 2. The minimum Gasteiger partial charge on any atom is -0.399 e. The number of carbonyl (C=O) groups is 2. The summed E-state index contributed by atoms with van der Waals surface area (Å²) < 4.78 is 4.62. The molecule has 1 aromatic rings. The van der Waals surface area contributed by atoms with Gasteiger partial charge in [0.1, 0.15) is 6.73 Å². The summed E-state index contributed by atoms with van der Waals surface area (Å²) in [6, 6.07) is 5.63. The summed E-state index contributed by atoms with van der Waals surface area (Å²) in [5.74, 6) is -0.492. The van der Waals surface area contributed by atoms with Gasteiger partial charge in [-0.2, -0.15) is 0 Å². The van der Waals surface area contributed by atoms with Crippen LogP contribution in [0.25, 0.3) is 0 Å². The van der Waals surface area contributed by atoms with Gasteiger partial charge in [0.25, 0.3) is 5.91 Å². The van der Waals surface area contributed by atoms with Crippen molar-refractivity contribution in [2.45, 2.75) is 0 Å². The number of ether oxygens (including phenoxy) is 1. The minimum absolute atomic E-state index is 0.0425. The van der Waals surface area contributed by atoms with Crippen molar-refractivity contribution in [3.8, 4) is 0 Å². The normalized spacial score (nSPS) is 9.56. The van der Waals surface area contributed by atoms with Gasteiger partial charge < -0.3 is 15.8 Å². The van der Waals surface area contributed by atoms with Crippen molar-refractivity contribution in [2.24, 2.45) is 0 Å². The number of anilines is 1. The van der Waals surface area contributed by atoms with Gasteiger partial charge in [0, 0.05) is 18.4 Å². The van der Waals surface area contributed by atoms with E-state index in [9.17, 15) is 9.59 Å². The molecule has 3 amide bonds. The molecule has 0 spiro atoms. The number of hydrogen-bond donors (Lipinski definition) is 3. The first-order valence-corrected chi connectivity index (χ1v) is 4.57. The molecule has 1 rings (SSSR count). The van der Waals surface area contributed by atoms with Crippen molar-refractivity contribution in [1.29, 1.82) is 0 Å². The topological polar surface area (TPSA) is 93.5 Å². The lowest BCUT2D eigenvalue weighted by molar-refractivity contribution is 0.0959. The molecule has 0 heterocycles. The molecule has 0 saturated carbocycles. The molecule has 0 aliphatic heterocycles. The van der Waals surface area contributed by atoms with Gasteiger partial charge in [0.2, 0.25) is 0 Å². The Labute approximate surface area is 92.8 Å². The largest absolute Gasteiger partial charge is 0.399 e. The molecule has 0 radical (unpaired) electrons. The highest BCUT2D eigenvalue weighted by molar-refractivity contribution is 6.04. The van der Waals surface area contributed by atoms with E-state index in [1.807, 2.05) is 0 Å². The summed E-state index contributed by atoms with van der Waals surface area (Å²) in [7, 11) is 1.43. The van der Waals surface area contributed by atoms with Crippen molar-refractivity contribution < 1.29 is 14.3 Å². The molecule has 0 aliphatic rings. The Kier molecular flexibility index (Phi) is 4.28. The van der Waals surface area contributed by atoms with Crippen molar-refractivity contribution in [3.05, 3.63) is 29.8 Å². The van der Waals surface area contributed by atoms with Gasteiger partial charge in [0.15, 0.2) is 0 Å². The molecule has 86 valence electrons. The van der Waals surface area contributed by atoms with Crippen LogP contribution in [0.2, 0.25) is 0 Å². The number of methoxy groups -OCH3 is 1. The summed E-state index contributed by atoms with van der Waals surface area (Å²) in [6.45, 7) is 0.0425. The van der Waals surface area contributed by atoms with Crippen LogP contribution in [0.4, 0.5) is 10.5 Å². The number of amides is 3. The van der Waals surface area contributed by atoms with Crippen LogP contribution in [0, 0.1) is 0 Å². The van der Waals surface area contributed by atoms with Gasteiger partial charge in [-0.15, -0.1) is 0 Å². The Morgan fingerprint density at radius 1 is 1.31 bits per heavy atom. The minimum atomic E-state index is -0.608. The zero-order chi connectivity index (χ0) is 12.0. The second kappa shape index (κ2) is 5.72. The van der Waals surface area contributed by atoms with E-state index in [1.165, 1.54) is 19.2 Å². The highest BCUT2D eigenvalue weighted by Gasteiger charge is 2.08. The molecular weight excluding hydrogens is 210 g/mol. The Morgan fingerprint density at radius 2 is 1.94 bits per heavy atom. The van der Waals surface area contributed by atoms with Crippen molar-refractivity contribution in [2.75, 3.05) is 19.6 Å². The first-order valence-electron chi connectivity index (χ1n) is 4.57. The number of hydrogen-bond acceptors (Lipinski definition) is 4. The number of nitrogens with one attached hydrogen (secondary N) is 2. The van der Waals surface area contributed by atoms with Crippen LogP contribution < -0.4 is 16.4 Å². The van der Waals surface area contributed by atoms with E-state index in [2.05, 4.69) is 15.4 Å². The van der Waals surface area contributed by atoms with Gasteiger partial charge in [-0.3, -0.25) is 10.1 Å². The molecule has 0 fully saturated rings. The molecule has 1 aromatic carbocycles. The van der Waals surface area contributed by atoms with Gasteiger partial charge in [-0.25, -0.2) is 4.79 Å². The summed E-state index contributed by atoms with van der Waals surface area (Å²) >= 11 is 0. The van der Waals surface area contributed by atoms with E-state index in [4.69, 9.17) is 5.73 Å². The van der Waals surface area contributed by atoms with Crippen LogP contribution in [-0.4, -0.2) is 25.8 Å². The van der Waals surface area contributed by atoms with Crippen molar-refractivity contribution >= 4 is 17.6 Å². The maximum atomic E-state index is 11.5. The quantitative estimate of drug-likeness (QED) is 0.508. The number of nitrogens with two attached hydrogens (primary N) is 1. The van der Waals surface area contributed by atoms with Crippen LogP contribution in [0.5, 0.6) is 0 Å². The second-order valence-corrected chi connectivity index (χ2v) is 3.02. The van der Waals surface area contributed by atoms with E-state index < -0.39 is 11.9 Å². The molecule has 16 heavy (non-hydrogen) atoms. The lowest BCUT2D eigenvalue weighted by Gasteiger charge is -2.05. The zero-order valence-electron chi connectivity index (χ0n) is 8.82. The molecule has 0 aromatic heterocycles. The fourth-order valence-corrected chi connectivity index (χ4v) is 0.992. The third-order valence-corrected chi connectivity index (χ3v) is 1.78. The first-order chi connectivity index (χ1) is 7.63. The van der Waals surface area contributed by atoms with E-state index in [-0.39, 0.29) is 6.73 Å². The number of imide groups is 1. The van der Waals surface area contributed by atoms with Crippen LogP contribution >= 0.6 is 0 Å². The van der Waals surface area contributed by atoms with E-state index in [0.717, 1.165) is 0 Å². The summed E-state index contributed by atoms with van der Waals surface area (Å²) in [6.07, 6.45) is 0. The van der Waals surface area contributed by atoms with Gasteiger partial charge in [-0.05, 0) is 24.3 Å². The lowest BCUT2D eigenvalue weighted by Crippen LogP contribution is -2.40. The molecule has 4 N–H and O–H groups in total. The average molecular weight is 223 g/mol. The van der Waals surface area contributed by atoms with Crippen molar-refractivity contribution in [3.63, 3.8) is 0 Å². The number of benzene rings is 1. The Bertz CT molecular complexity index is 375. The van der Waals surface area contributed by atoms with Gasteiger partial charge in [0.05, 0.1) is 0 Å². The third kappa shape index (κ3) is 3.58. The predicted octanol–water partition coefficient (Wildman–Crippen LogP) is 0.312. The maximum Gasteiger partial charge on any atom is 0.323 e. The van der Waals surface area contributed by atoms with E-state index in [1.54, 1.807) is 12.1 Å². The number of rotatable bonds is 3. The summed E-state index contributed by atoms with van der Waals surface area (Å²) in [4.78, 5) is 22.6. The predicted molar refractivity (Wildman–Crippen MR) is 58.7 cm³/mol. The number of urea groups is 1. The Balaban J connectivity index is 2.52. The van der Waals surface area contributed by atoms with Gasteiger partial charge >= 0.3 is 6.03 Å². The molecule has 0 atom stereocenters. The third-order valence-electron chi connectivity index (χ3n) is 1.78. The van der Waals surface area contributed by atoms with Crippen LogP contribution in [0.3, 0.4) is 0 Å². The lowest BCUT2D eigenvalue weighted by atomic mass is 10.2. The monoisotopic (exact) mass is 223 g/mol. The maximum absolute atomic E-state index is 11.5. The number of nitrogen functional groups attached to an aromatic ring is 1. The standard InChI is InChI=1S/C10H13N3O3/c1-16-6-12-10(15)13-9(14)7-2-4-8(11)5-3-7/h2-5H,6,11H2,1H3,(H2,12,13,14,15). The van der Waals surface area contributed by atoms with E-state index >= 15 is 0 Å². The molecule has 6 heteroatoms. The molecule has 0 unspecified atom stereocenters. The highest BCUT2D eigenvalue weighted by atomic mass is 16.5. The second-order valence-electron chi connectivity index (χ2n) is 3.02. The SMILES string of the molecule is COCNC(=O)NC(=O)c1ccc(N)cc1.